The molecular weight excluding hydrogens is 248 g/mol. The number of aromatic nitrogens is 2. The van der Waals surface area contributed by atoms with Gasteiger partial charge in [0.25, 0.3) is 0 Å². The van der Waals surface area contributed by atoms with Crippen LogP contribution in [0.3, 0.4) is 0 Å². The van der Waals surface area contributed by atoms with Crippen LogP contribution in [-0.4, -0.2) is 29.1 Å². The van der Waals surface area contributed by atoms with Gasteiger partial charge in [-0.2, -0.15) is 0 Å². The topological polar surface area (TPSA) is 41.1 Å². The SMILES string of the molecule is CC(C)c1ncc(N2CC=CCC2)c(CNC2CC2)n1. The Balaban J connectivity index is 1.83. The molecule has 1 fully saturated rings. The molecule has 1 aliphatic heterocycles. The first-order chi connectivity index (χ1) is 9.74. The smallest absolute Gasteiger partial charge is 0.131 e. The summed E-state index contributed by atoms with van der Waals surface area (Å²) < 4.78 is 0. The van der Waals surface area contributed by atoms with Crippen LogP contribution in [0, 0.1) is 0 Å². The van der Waals surface area contributed by atoms with E-state index in [1.807, 2.05) is 6.20 Å². The summed E-state index contributed by atoms with van der Waals surface area (Å²) in [5.74, 6) is 1.33. The van der Waals surface area contributed by atoms with E-state index in [2.05, 4.69) is 41.2 Å². The van der Waals surface area contributed by atoms with Gasteiger partial charge in [-0.15, -0.1) is 0 Å². The fourth-order valence-electron chi connectivity index (χ4n) is 2.49. The number of anilines is 1. The van der Waals surface area contributed by atoms with Gasteiger partial charge in [-0.05, 0) is 19.3 Å². The van der Waals surface area contributed by atoms with E-state index in [0.717, 1.165) is 37.6 Å². The fraction of sp³-hybridized carbons (Fsp3) is 0.625. The minimum Gasteiger partial charge on any atom is -0.365 e. The molecule has 4 heteroatoms. The van der Waals surface area contributed by atoms with Gasteiger partial charge in [-0.1, -0.05) is 26.0 Å². The average Bonchev–Trinajstić information content (AvgIpc) is 3.30. The molecule has 0 amide bonds. The Morgan fingerprint density at radius 2 is 2.20 bits per heavy atom. The number of rotatable bonds is 5. The van der Waals surface area contributed by atoms with Gasteiger partial charge in [0.05, 0.1) is 17.6 Å². The quantitative estimate of drug-likeness (QED) is 0.837. The highest BCUT2D eigenvalue weighted by atomic mass is 15.2. The molecule has 0 bridgehead atoms. The number of nitrogens with one attached hydrogen (secondary N) is 1. The first-order valence-electron chi connectivity index (χ1n) is 7.73. The summed E-state index contributed by atoms with van der Waals surface area (Å²) in [6.07, 6.45) is 10.2. The van der Waals surface area contributed by atoms with E-state index in [9.17, 15) is 0 Å². The van der Waals surface area contributed by atoms with Crippen molar-refractivity contribution >= 4 is 5.69 Å². The molecule has 2 aliphatic rings. The molecule has 20 heavy (non-hydrogen) atoms. The van der Waals surface area contributed by atoms with Gasteiger partial charge in [-0.3, -0.25) is 0 Å². The summed E-state index contributed by atoms with van der Waals surface area (Å²) >= 11 is 0. The van der Waals surface area contributed by atoms with Crippen LogP contribution < -0.4 is 10.2 Å². The Morgan fingerprint density at radius 3 is 2.85 bits per heavy atom. The standard InChI is InChI=1S/C16H24N4/c1-12(2)16-18-11-15(20-8-4-3-5-9-20)14(19-16)10-17-13-6-7-13/h3-4,11-13,17H,5-10H2,1-2H3. The van der Waals surface area contributed by atoms with Gasteiger partial charge in [0.2, 0.25) is 0 Å². The van der Waals surface area contributed by atoms with Crippen LogP contribution in [0.1, 0.15) is 50.5 Å². The summed E-state index contributed by atoms with van der Waals surface area (Å²) in [6.45, 7) is 7.20. The molecule has 1 aliphatic carbocycles. The summed E-state index contributed by atoms with van der Waals surface area (Å²) in [7, 11) is 0. The van der Waals surface area contributed by atoms with E-state index in [-0.39, 0.29) is 0 Å². The third kappa shape index (κ3) is 3.18. The monoisotopic (exact) mass is 272 g/mol. The first-order valence-corrected chi connectivity index (χ1v) is 7.73. The molecule has 0 unspecified atom stereocenters. The maximum Gasteiger partial charge on any atom is 0.131 e. The minimum absolute atomic E-state index is 0.380. The Labute approximate surface area is 121 Å². The van der Waals surface area contributed by atoms with Crippen LogP contribution in [0.2, 0.25) is 0 Å². The van der Waals surface area contributed by atoms with Gasteiger partial charge in [0.1, 0.15) is 5.82 Å². The summed E-state index contributed by atoms with van der Waals surface area (Å²) in [4.78, 5) is 11.7. The Morgan fingerprint density at radius 1 is 1.35 bits per heavy atom. The highest BCUT2D eigenvalue weighted by molar-refractivity contribution is 5.50. The van der Waals surface area contributed by atoms with Gasteiger partial charge in [0, 0.05) is 31.6 Å². The third-order valence-electron chi connectivity index (χ3n) is 3.92. The molecule has 1 N–H and O–H groups in total. The molecule has 108 valence electrons. The van der Waals surface area contributed by atoms with E-state index >= 15 is 0 Å². The lowest BCUT2D eigenvalue weighted by Gasteiger charge is -2.27. The summed E-state index contributed by atoms with van der Waals surface area (Å²) in [5, 5.41) is 3.58. The Kier molecular flexibility index (Phi) is 4.01. The summed E-state index contributed by atoms with van der Waals surface area (Å²) in [6, 6.07) is 0.710. The van der Waals surface area contributed by atoms with Crippen LogP contribution in [-0.2, 0) is 6.54 Å². The van der Waals surface area contributed by atoms with Crippen molar-refractivity contribution in [2.75, 3.05) is 18.0 Å². The average molecular weight is 272 g/mol. The second-order valence-corrected chi connectivity index (χ2v) is 6.08. The zero-order chi connectivity index (χ0) is 13.9. The lowest BCUT2D eigenvalue weighted by molar-refractivity contribution is 0.654. The lowest BCUT2D eigenvalue weighted by atomic mass is 10.1. The van der Waals surface area contributed by atoms with Crippen molar-refractivity contribution in [3.05, 3.63) is 29.9 Å². The van der Waals surface area contributed by atoms with Gasteiger partial charge in [0.15, 0.2) is 0 Å². The molecule has 4 nitrogen and oxygen atoms in total. The van der Waals surface area contributed by atoms with Crippen molar-refractivity contribution in [1.82, 2.24) is 15.3 Å². The normalized spacial score (nSPS) is 18.9. The van der Waals surface area contributed by atoms with Crippen molar-refractivity contribution in [2.45, 2.75) is 51.6 Å². The second kappa shape index (κ2) is 5.92. The molecule has 2 heterocycles. The molecule has 1 aromatic heterocycles. The van der Waals surface area contributed by atoms with Crippen LogP contribution in [0.4, 0.5) is 5.69 Å². The van der Waals surface area contributed by atoms with E-state index in [4.69, 9.17) is 4.98 Å². The first kappa shape index (κ1) is 13.6. The summed E-state index contributed by atoms with van der Waals surface area (Å²) in [5.41, 5.74) is 2.36. The molecule has 3 rings (SSSR count). The predicted octanol–water partition coefficient (Wildman–Crippen LogP) is 2.62. The third-order valence-corrected chi connectivity index (χ3v) is 3.92. The lowest BCUT2D eigenvalue weighted by Crippen LogP contribution is -2.30. The van der Waals surface area contributed by atoms with Crippen LogP contribution in [0.15, 0.2) is 18.3 Å². The van der Waals surface area contributed by atoms with Crippen molar-refractivity contribution < 1.29 is 0 Å². The van der Waals surface area contributed by atoms with E-state index in [0.29, 0.717) is 12.0 Å². The largest absolute Gasteiger partial charge is 0.365 e. The maximum atomic E-state index is 4.81. The minimum atomic E-state index is 0.380. The van der Waals surface area contributed by atoms with Crippen molar-refractivity contribution in [3.8, 4) is 0 Å². The zero-order valence-corrected chi connectivity index (χ0v) is 12.5. The highest BCUT2D eigenvalue weighted by Crippen LogP contribution is 2.24. The molecule has 1 saturated carbocycles. The van der Waals surface area contributed by atoms with E-state index in [1.165, 1.54) is 18.5 Å². The van der Waals surface area contributed by atoms with Gasteiger partial charge < -0.3 is 10.2 Å². The predicted molar refractivity (Wildman–Crippen MR) is 82.0 cm³/mol. The van der Waals surface area contributed by atoms with Gasteiger partial charge >= 0.3 is 0 Å². The van der Waals surface area contributed by atoms with E-state index in [1.54, 1.807) is 0 Å². The van der Waals surface area contributed by atoms with Crippen LogP contribution >= 0.6 is 0 Å². The molecule has 0 spiro atoms. The molecule has 0 saturated heterocycles. The highest BCUT2D eigenvalue weighted by Gasteiger charge is 2.22. The number of nitrogens with zero attached hydrogens (tertiary/aromatic N) is 3. The number of hydrogen-bond donors (Lipinski definition) is 1. The maximum absolute atomic E-state index is 4.81. The fourth-order valence-corrected chi connectivity index (χ4v) is 2.49. The Bertz CT molecular complexity index is 491. The van der Waals surface area contributed by atoms with Crippen molar-refractivity contribution in [3.63, 3.8) is 0 Å². The number of hydrogen-bond acceptors (Lipinski definition) is 4. The van der Waals surface area contributed by atoms with E-state index < -0.39 is 0 Å². The molecular formula is C16H24N4. The Hall–Kier alpha value is -1.42. The molecule has 0 aromatic carbocycles. The molecule has 0 atom stereocenters. The second-order valence-electron chi connectivity index (χ2n) is 6.08. The molecule has 0 radical (unpaired) electrons. The van der Waals surface area contributed by atoms with Gasteiger partial charge in [-0.25, -0.2) is 9.97 Å². The van der Waals surface area contributed by atoms with Crippen molar-refractivity contribution in [2.24, 2.45) is 0 Å². The van der Waals surface area contributed by atoms with Crippen LogP contribution in [0.25, 0.3) is 0 Å². The van der Waals surface area contributed by atoms with Crippen molar-refractivity contribution in [1.29, 1.82) is 0 Å². The van der Waals surface area contributed by atoms with Crippen LogP contribution in [0.5, 0.6) is 0 Å². The molecule has 1 aromatic rings. The zero-order valence-electron chi connectivity index (χ0n) is 12.5.